The number of rotatable bonds is 4. The van der Waals surface area contributed by atoms with Crippen LogP contribution in [0.15, 0.2) is 18.2 Å². The van der Waals surface area contributed by atoms with Crippen LogP contribution in [0.25, 0.3) is 0 Å². The van der Waals surface area contributed by atoms with Gasteiger partial charge in [0.1, 0.15) is 5.82 Å². The summed E-state index contributed by atoms with van der Waals surface area (Å²) >= 11 is 5.85. The summed E-state index contributed by atoms with van der Waals surface area (Å²) in [5.74, 6) is -0.661. The van der Waals surface area contributed by atoms with Crippen molar-refractivity contribution in [3.8, 4) is 0 Å². The number of hydrogen-bond acceptors (Lipinski definition) is 1. The first-order valence-corrected chi connectivity index (χ1v) is 6.05. The van der Waals surface area contributed by atoms with Crippen LogP contribution in [0.5, 0.6) is 0 Å². The highest BCUT2D eigenvalue weighted by Gasteiger charge is 2.14. The zero-order valence-electron chi connectivity index (χ0n) is 10.3. The Labute approximate surface area is 106 Å². The molecule has 94 valence electrons. The first-order valence-electron chi connectivity index (χ1n) is 5.61. The number of carbonyl (C=O) groups is 1. The molecule has 0 aliphatic rings. The smallest absolute Gasteiger partial charge is 0.251 e. The standard InChI is InChI=1S/C13H17ClFNO/c1-8-4-5-11(15)7-12(8)13(17)16-10(3)6-9(2)14/h4-5,7,9-10H,6H2,1-3H3,(H,16,17). The van der Waals surface area contributed by atoms with Crippen LogP contribution in [0.4, 0.5) is 4.39 Å². The van der Waals surface area contributed by atoms with Crippen LogP contribution >= 0.6 is 11.6 Å². The van der Waals surface area contributed by atoms with Gasteiger partial charge in [0.05, 0.1) is 0 Å². The van der Waals surface area contributed by atoms with Crippen LogP contribution in [0.1, 0.15) is 36.2 Å². The van der Waals surface area contributed by atoms with Crippen molar-refractivity contribution < 1.29 is 9.18 Å². The summed E-state index contributed by atoms with van der Waals surface area (Å²) in [6.07, 6.45) is 0.682. The third kappa shape index (κ3) is 4.35. The van der Waals surface area contributed by atoms with Gasteiger partial charge in [-0.3, -0.25) is 4.79 Å². The molecule has 0 fully saturated rings. The molecule has 1 N–H and O–H groups in total. The van der Waals surface area contributed by atoms with Gasteiger partial charge in [0, 0.05) is 17.0 Å². The average Bonchev–Trinajstić information content (AvgIpc) is 2.20. The zero-order chi connectivity index (χ0) is 13.0. The van der Waals surface area contributed by atoms with E-state index in [0.29, 0.717) is 12.0 Å². The lowest BCUT2D eigenvalue weighted by Crippen LogP contribution is -2.34. The summed E-state index contributed by atoms with van der Waals surface area (Å²) in [6, 6.07) is 4.16. The monoisotopic (exact) mass is 257 g/mol. The van der Waals surface area contributed by atoms with Crippen molar-refractivity contribution in [2.45, 2.75) is 38.6 Å². The number of aryl methyl sites for hydroxylation is 1. The highest BCUT2D eigenvalue weighted by atomic mass is 35.5. The molecule has 2 unspecified atom stereocenters. The van der Waals surface area contributed by atoms with E-state index >= 15 is 0 Å². The minimum absolute atomic E-state index is 0.00101. The number of hydrogen-bond donors (Lipinski definition) is 1. The SMILES string of the molecule is Cc1ccc(F)cc1C(=O)NC(C)CC(C)Cl. The number of alkyl halides is 1. The van der Waals surface area contributed by atoms with Crippen molar-refractivity contribution in [1.29, 1.82) is 0 Å². The van der Waals surface area contributed by atoms with Crippen LogP contribution in [0, 0.1) is 12.7 Å². The Balaban J connectivity index is 2.73. The third-order valence-electron chi connectivity index (χ3n) is 2.50. The lowest BCUT2D eigenvalue weighted by atomic mass is 10.1. The van der Waals surface area contributed by atoms with Crippen LogP contribution in [0.2, 0.25) is 0 Å². The maximum Gasteiger partial charge on any atom is 0.251 e. The Bertz CT molecular complexity index is 406. The maximum atomic E-state index is 13.1. The molecule has 1 aromatic carbocycles. The molecule has 0 saturated heterocycles. The summed E-state index contributed by atoms with van der Waals surface area (Å²) in [6.45, 7) is 5.53. The van der Waals surface area contributed by atoms with Gasteiger partial charge < -0.3 is 5.32 Å². The molecular weight excluding hydrogens is 241 g/mol. The van der Waals surface area contributed by atoms with E-state index in [9.17, 15) is 9.18 Å². The van der Waals surface area contributed by atoms with Crippen LogP contribution in [0.3, 0.4) is 0 Å². The average molecular weight is 258 g/mol. The van der Waals surface area contributed by atoms with Gasteiger partial charge in [-0.1, -0.05) is 6.07 Å². The fraction of sp³-hybridized carbons (Fsp3) is 0.462. The predicted molar refractivity (Wildman–Crippen MR) is 68.0 cm³/mol. The summed E-state index contributed by atoms with van der Waals surface area (Å²) in [5.41, 5.74) is 1.13. The van der Waals surface area contributed by atoms with Gasteiger partial charge in [-0.05, 0) is 44.9 Å². The number of benzene rings is 1. The molecule has 2 nitrogen and oxygen atoms in total. The zero-order valence-corrected chi connectivity index (χ0v) is 11.0. The molecule has 0 aliphatic carbocycles. The Kier molecular flexibility index (Phi) is 4.94. The van der Waals surface area contributed by atoms with Crippen LogP contribution in [-0.2, 0) is 0 Å². The van der Waals surface area contributed by atoms with E-state index in [2.05, 4.69) is 5.32 Å². The first-order chi connectivity index (χ1) is 7.90. The van der Waals surface area contributed by atoms with Gasteiger partial charge >= 0.3 is 0 Å². The van der Waals surface area contributed by atoms with Gasteiger partial charge in [-0.25, -0.2) is 4.39 Å². The van der Waals surface area contributed by atoms with Gasteiger partial charge in [-0.2, -0.15) is 0 Å². The number of halogens is 2. The second-order valence-corrected chi connectivity index (χ2v) is 5.10. The molecule has 0 saturated carbocycles. The van der Waals surface area contributed by atoms with E-state index in [4.69, 9.17) is 11.6 Å². The molecular formula is C13H17ClFNO. The van der Waals surface area contributed by atoms with Gasteiger partial charge in [-0.15, -0.1) is 11.6 Å². The van der Waals surface area contributed by atoms with E-state index in [1.165, 1.54) is 12.1 Å². The molecule has 0 spiro atoms. The van der Waals surface area contributed by atoms with Crippen molar-refractivity contribution in [3.05, 3.63) is 35.1 Å². The van der Waals surface area contributed by atoms with Gasteiger partial charge in [0.2, 0.25) is 0 Å². The van der Waals surface area contributed by atoms with Crippen LogP contribution in [-0.4, -0.2) is 17.3 Å². The molecule has 0 bridgehead atoms. The Morgan fingerprint density at radius 1 is 1.47 bits per heavy atom. The van der Waals surface area contributed by atoms with Crippen molar-refractivity contribution >= 4 is 17.5 Å². The minimum atomic E-state index is -0.404. The molecule has 0 aliphatic heterocycles. The molecule has 4 heteroatoms. The van der Waals surface area contributed by atoms with E-state index in [1.807, 2.05) is 13.8 Å². The molecule has 2 atom stereocenters. The Morgan fingerprint density at radius 3 is 2.71 bits per heavy atom. The number of amides is 1. The highest BCUT2D eigenvalue weighted by Crippen LogP contribution is 2.11. The van der Waals surface area contributed by atoms with Crippen molar-refractivity contribution in [2.24, 2.45) is 0 Å². The summed E-state index contributed by atoms with van der Waals surface area (Å²) < 4.78 is 13.1. The highest BCUT2D eigenvalue weighted by molar-refractivity contribution is 6.20. The number of carbonyl (C=O) groups excluding carboxylic acids is 1. The van der Waals surface area contributed by atoms with E-state index in [-0.39, 0.29) is 17.3 Å². The second-order valence-electron chi connectivity index (χ2n) is 4.35. The summed E-state index contributed by atoms with van der Waals surface area (Å²) in [7, 11) is 0. The molecule has 17 heavy (non-hydrogen) atoms. The largest absolute Gasteiger partial charge is 0.350 e. The molecule has 1 rings (SSSR count). The molecule has 0 radical (unpaired) electrons. The van der Waals surface area contributed by atoms with E-state index < -0.39 is 5.82 Å². The Hall–Kier alpha value is -1.09. The fourth-order valence-electron chi connectivity index (χ4n) is 1.69. The lowest BCUT2D eigenvalue weighted by Gasteiger charge is -2.15. The normalized spacial score (nSPS) is 14.2. The second kappa shape index (κ2) is 6.01. The van der Waals surface area contributed by atoms with Crippen molar-refractivity contribution in [1.82, 2.24) is 5.32 Å². The fourth-order valence-corrected chi connectivity index (χ4v) is 1.95. The molecule has 0 heterocycles. The first kappa shape index (κ1) is 14.0. The van der Waals surface area contributed by atoms with Gasteiger partial charge in [0.15, 0.2) is 0 Å². The van der Waals surface area contributed by atoms with Crippen molar-refractivity contribution in [3.63, 3.8) is 0 Å². The third-order valence-corrected chi connectivity index (χ3v) is 2.68. The van der Waals surface area contributed by atoms with Crippen LogP contribution < -0.4 is 5.32 Å². The van der Waals surface area contributed by atoms with E-state index in [0.717, 1.165) is 5.56 Å². The minimum Gasteiger partial charge on any atom is -0.350 e. The number of nitrogens with one attached hydrogen (secondary N) is 1. The Morgan fingerprint density at radius 2 is 2.12 bits per heavy atom. The summed E-state index contributed by atoms with van der Waals surface area (Å²) in [5, 5.41) is 2.80. The summed E-state index contributed by atoms with van der Waals surface area (Å²) in [4.78, 5) is 11.9. The molecule has 1 aromatic rings. The van der Waals surface area contributed by atoms with Gasteiger partial charge in [0.25, 0.3) is 5.91 Å². The predicted octanol–water partition coefficient (Wildman–Crippen LogP) is 3.27. The van der Waals surface area contributed by atoms with Crippen molar-refractivity contribution in [2.75, 3.05) is 0 Å². The molecule has 1 amide bonds. The topological polar surface area (TPSA) is 29.1 Å². The molecule has 0 aromatic heterocycles. The van der Waals surface area contributed by atoms with E-state index in [1.54, 1.807) is 13.0 Å². The maximum absolute atomic E-state index is 13.1. The lowest BCUT2D eigenvalue weighted by molar-refractivity contribution is 0.0937. The quantitative estimate of drug-likeness (QED) is 0.824.